The van der Waals surface area contributed by atoms with Crippen LogP contribution in [0.25, 0.3) is 11.4 Å². The van der Waals surface area contributed by atoms with E-state index in [9.17, 15) is 8.78 Å². The van der Waals surface area contributed by atoms with E-state index in [2.05, 4.69) is 22.2 Å². The molecule has 0 radical (unpaired) electrons. The molecule has 21 heavy (non-hydrogen) atoms. The van der Waals surface area contributed by atoms with Crippen molar-refractivity contribution in [1.82, 2.24) is 9.97 Å². The summed E-state index contributed by atoms with van der Waals surface area (Å²) in [7, 11) is 0. The molecular weight excluding hydrogens is 272 g/mol. The standard InChI is InChI=1S/C16H17F2N3/c1-2-7-19-15-9-14(10-3-4-10)20-16(21-15)11-5-6-12(17)13(18)8-11/h5-6,8-10H,2-4,7H2,1H3,(H,19,20,21). The third kappa shape index (κ3) is 3.17. The Labute approximate surface area is 122 Å². The van der Waals surface area contributed by atoms with E-state index in [0.29, 0.717) is 17.3 Å². The number of anilines is 1. The molecule has 1 heterocycles. The number of hydrogen-bond acceptors (Lipinski definition) is 3. The van der Waals surface area contributed by atoms with Gasteiger partial charge in [0.2, 0.25) is 0 Å². The molecule has 1 saturated carbocycles. The van der Waals surface area contributed by atoms with Gasteiger partial charge in [-0.25, -0.2) is 18.7 Å². The lowest BCUT2D eigenvalue weighted by molar-refractivity contribution is 0.509. The van der Waals surface area contributed by atoms with E-state index in [0.717, 1.165) is 49.5 Å². The highest BCUT2D eigenvalue weighted by Crippen LogP contribution is 2.40. The molecule has 0 atom stereocenters. The fourth-order valence-corrected chi connectivity index (χ4v) is 2.16. The van der Waals surface area contributed by atoms with E-state index in [1.807, 2.05) is 6.07 Å². The average Bonchev–Trinajstić information content (AvgIpc) is 3.32. The minimum Gasteiger partial charge on any atom is -0.370 e. The highest BCUT2D eigenvalue weighted by molar-refractivity contribution is 5.58. The molecular formula is C16H17F2N3. The Kier molecular flexibility index (Phi) is 3.82. The summed E-state index contributed by atoms with van der Waals surface area (Å²) in [5, 5.41) is 3.23. The Morgan fingerprint density at radius 3 is 2.62 bits per heavy atom. The molecule has 110 valence electrons. The van der Waals surface area contributed by atoms with E-state index in [-0.39, 0.29) is 0 Å². The van der Waals surface area contributed by atoms with E-state index in [1.165, 1.54) is 6.07 Å². The molecule has 0 saturated heterocycles. The number of nitrogens with one attached hydrogen (secondary N) is 1. The van der Waals surface area contributed by atoms with Crippen LogP contribution in [0, 0.1) is 11.6 Å². The molecule has 0 spiro atoms. The molecule has 0 bridgehead atoms. The maximum atomic E-state index is 13.4. The first-order valence-electron chi connectivity index (χ1n) is 7.25. The second-order valence-electron chi connectivity index (χ2n) is 5.33. The van der Waals surface area contributed by atoms with Gasteiger partial charge in [-0.1, -0.05) is 6.92 Å². The third-order valence-electron chi connectivity index (χ3n) is 3.48. The third-order valence-corrected chi connectivity index (χ3v) is 3.48. The maximum Gasteiger partial charge on any atom is 0.161 e. The Balaban J connectivity index is 1.99. The minimum atomic E-state index is -0.879. The Hall–Kier alpha value is -2.04. The van der Waals surface area contributed by atoms with Crippen LogP contribution in [0.1, 0.15) is 37.8 Å². The van der Waals surface area contributed by atoms with Crippen molar-refractivity contribution in [1.29, 1.82) is 0 Å². The quantitative estimate of drug-likeness (QED) is 0.899. The Bertz CT molecular complexity index is 654. The number of halogens is 2. The van der Waals surface area contributed by atoms with Crippen molar-refractivity contribution in [2.24, 2.45) is 0 Å². The van der Waals surface area contributed by atoms with E-state index >= 15 is 0 Å². The zero-order valence-corrected chi connectivity index (χ0v) is 11.9. The Morgan fingerprint density at radius 2 is 1.95 bits per heavy atom. The van der Waals surface area contributed by atoms with Gasteiger partial charge in [0.1, 0.15) is 5.82 Å². The molecule has 1 N–H and O–H groups in total. The highest BCUT2D eigenvalue weighted by atomic mass is 19.2. The van der Waals surface area contributed by atoms with E-state index in [1.54, 1.807) is 0 Å². The average molecular weight is 289 g/mol. The normalized spacial score (nSPS) is 14.2. The summed E-state index contributed by atoms with van der Waals surface area (Å²) in [6, 6.07) is 5.71. The summed E-state index contributed by atoms with van der Waals surface area (Å²) in [6.07, 6.45) is 3.24. The van der Waals surface area contributed by atoms with E-state index in [4.69, 9.17) is 0 Å². The molecule has 3 nitrogen and oxygen atoms in total. The van der Waals surface area contributed by atoms with Crippen molar-refractivity contribution >= 4 is 5.82 Å². The van der Waals surface area contributed by atoms with Crippen LogP contribution in [0.5, 0.6) is 0 Å². The maximum absolute atomic E-state index is 13.4. The number of benzene rings is 1. The van der Waals surface area contributed by atoms with Crippen LogP contribution in [0.15, 0.2) is 24.3 Å². The first-order chi connectivity index (χ1) is 10.2. The second kappa shape index (κ2) is 5.76. The van der Waals surface area contributed by atoms with Gasteiger partial charge in [-0.2, -0.15) is 0 Å². The van der Waals surface area contributed by atoms with Crippen molar-refractivity contribution < 1.29 is 8.78 Å². The van der Waals surface area contributed by atoms with Crippen LogP contribution < -0.4 is 5.32 Å². The van der Waals surface area contributed by atoms with Gasteiger partial charge >= 0.3 is 0 Å². The van der Waals surface area contributed by atoms with E-state index < -0.39 is 11.6 Å². The topological polar surface area (TPSA) is 37.8 Å². The zero-order chi connectivity index (χ0) is 14.8. The first kappa shape index (κ1) is 13.9. The van der Waals surface area contributed by atoms with Crippen LogP contribution >= 0.6 is 0 Å². The molecule has 1 aliphatic carbocycles. The molecule has 5 heteroatoms. The molecule has 0 unspecified atom stereocenters. The van der Waals surface area contributed by atoms with Gasteiger partial charge in [-0.05, 0) is 37.5 Å². The van der Waals surface area contributed by atoms with Gasteiger partial charge in [-0.15, -0.1) is 0 Å². The van der Waals surface area contributed by atoms with Crippen LogP contribution in [-0.4, -0.2) is 16.5 Å². The molecule has 1 aliphatic rings. The van der Waals surface area contributed by atoms with Gasteiger partial charge in [-0.3, -0.25) is 0 Å². The summed E-state index contributed by atoms with van der Waals surface area (Å²) < 4.78 is 26.4. The Morgan fingerprint density at radius 1 is 1.14 bits per heavy atom. The van der Waals surface area contributed by atoms with Crippen LogP contribution in [0.4, 0.5) is 14.6 Å². The molecule has 2 aromatic rings. The highest BCUT2D eigenvalue weighted by Gasteiger charge is 2.26. The number of nitrogens with zero attached hydrogens (tertiary/aromatic N) is 2. The second-order valence-corrected chi connectivity index (χ2v) is 5.33. The fourth-order valence-electron chi connectivity index (χ4n) is 2.16. The summed E-state index contributed by atoms with van der Waals surface area (Å²) in [6.45, 7) is 2.89. The zero-order valence-electron chi connectivity index (χ0n) is 11.9. The number of hydrogen-bond donors (Lipinski definition) is 1. The van der Waals surface area contributed by atoms with Gasteiger partial charge in [0, 0.05) is 29.8 Å². The van der Waals surface area contributed by atoms with Crippen LogP contribution in [0.3, 0.4) is 0 Å². The number of rotatable bonds is 5. The predicted octanol–water partition coefficient (Wildman–Crippen LogP) is 4.12. The molecule has 1 aromatic heterocycles. The first-order valence-corrected chi connectivity index (χ1v) is 7.25. The molecule has 1 aromatic carbocycles. The lowest BCUT2D eigenvalue weighted by Crippen LogP contribution is -2.05. The monoisotopic (exact) mass is 289 g/mol. The van der Waals surface area contributed by atoms with Crippen LogP contribution in [-0.2, 0) is 0 Å². The lowest BCUT2D eigenvalue weighted by Gasteiger charge is -2.09. The van der Waals surface area contributed by atoms with Crippen molar-refractivity contribution in [2.45, 2.75) is 32.1 Å². The minimum absolute atomic E-state index is 0.442. The fraction of sp³-hybridized carbons (Fsp3) is 0.375. The SMILES string of the molecule is CCCNc1cc(C2CC2)nc(-c2ccc(F)c(F)c2)n1. The van der Waals surface area contributed by atoms with Crippen molar-refractivity contribution in [3.05, 3.63) is 41.6 Å². The molecule has 3 rings (SSSR count). The van der Waals surface area contributed by atoms with Gasteiger partial charge in [0.05, 0.1) is 0 Å². The molecule has 0 aliphatic heterocycles. The summed E-state index contributed by atoms with van der Waals surface area (Å²) in [5.74, 6) is -0.0815. The predicted molar refractivity (Wildman–Crippen MR) is 78.1 cm³/mol. The van der Waals surface area contributed by atoms with Gasteiger partial charge in [0.15, 0.2) is 17.5 Å². The molecule has 1 fully saturated rings. The van der Waals surface area contributed by atoms with Crippen LogP contribution in [0.2, 0.25) is 0 Å². The van der Waals surface area contributed by atoms with Gasteiger partial charge < -0.3 is 5.32 Å². The van der Waals surface area contributed by atoms with Crippen molar-refractivity contribution in [2.75, 3.05) is 11.9 Å². The van der Waals surface area contributed by atoms with Crippen molar-refractivity contribution in [3.63, 3.8) is 0 Å². The summed E-state index contributed by atoms with van der Waals surface area (Å²) in [4.78, 5) is 8.92. The smallest absolute Gasteiger partial charge is 0.161 e. The van der Waals surface area contributed by atoms with Crippen molar-refractivity contribution in [3.8, 4) is 11.4 Å². The van der Waals surface area contributed by atoms with Gasteiger partial charge in [0.25, 0.3) is 0 Å². The summed E-state index contributed by atoms with van der Waals surface area (Å²) >= 11 is 0. The largest absolute Gasteiger partial charge is 0.370 e. The number of aromatic nitrogens is 2. The molecule has 0 amide bonds. The lowest BCUT2D eigenvalue weighted by atomic mass is 10.2. The summed E-state index contributed by atoms with van der Waals surface area (Å²) in [5.41, 5.74) is 1.47.